The first kappa shape index (κ1) is 16.2. The van der Waals surface area contributed by atoms with E-state index in [2.05, 4.69) is 0 Å². The molecule has 0 spiro atoms. The van der Waals surface area contributed by atoms with Gasteiger partial charge in [-0.15, -0.1) is 0 Å². The third-order valence-electron chi connectivity index (χ3n) is 3.29. The number of aliphatic hydroxyl groups is 1. The van der Waals surface area contributed by atoms with Crippen molar-refractivity contribution in [1.82, 2.24) is 0 Å². The summed E-state index contributed by atoms with van der Waals surface area (Å²) in [6.45, 7) is -0.0495. The van der Waals surface area contributed by atoms with Crippen molar-refractivity contribution >= 4 is 23.2 Å². The summed E-state index contributed by atoms with van der Waals surface area (Å²) in [5.74, 6) is -2.02. The monoisotopic (exact) mass is 331 g/mol. The van der Waals surface area contributed by atoms with Crippen LogP contribution in [0, 0.1) is 11.6 Å². The lowest BCUT2D eigenvalue weighted by molar-refractivity contribution is 0.145. The van der Waals surface area contributed by atoms with Gasteiger partial charge in [0.15, 0.2) is 0 Å². The second kappa shape index (κ2) is 6.71. The molecule has 0 bridgehead atoms. The normalized spacial score (nSPS) is 14.0. The summed E-state index contributed by atoms with van der Waals surface area (Å²) in [5, 5.41) is 10.5. The summed E-state index contributed by atoms with van der Waals surface area (Å²) < 4.78 is 27.5. The van der Waals surface area contributed by atoms with E-state index in [-0.39, 0.29) is 27.7 Å². The Kier molecular flexibility index (Phi) is 5.17. The maximum atomic E-state index is 14.0. The summed E-state index contributed by atoms with van der Waals surface area (Å²) in [6.07, 6.45) is -1.20. The van der Waals surface area contributed by atoms with Crippen LogP contribution >= 0.6 is 23.2 Å². The van der Waals surface area contributed by atoms with E-state index in [0.717, 1.165) is 6.07 Å². The van der Waals surface area contributed by atoms with E-state index in [4.69, 9.17) is 28.9 Å². The van der Waals surface area contributed by atoms with Crippen molar-refractivity contribution in [3.8, 4) is 0 Å². The summed E-state index contributed by atoms with van der Waals surface area (Å²) in [5.41, 5.74) is 6.02. The zero-order valence-corrected chi connectivity index (χ0v) is 12.4. The lowest BCUT2D eigenvalue weighted by atomic mass is 9.88. The number of hydrogen-bond donors (Lipinski definition) is 2. The van der Waals surface area contributed by atoms with Crippen LogP contribution in [-0.2, 0) is 0 Å². The van der Waals surface area contributed by atoms with Crippen LogP contribution in [0.3, 0.4) is 0 Å². The molecule has 0 aliphatic carbocycles. The molecule has 0 fully saturated rings. The van der Waals surface area contributed by atoms with E-state index in [9.17, 15) is 13.9 Å². The molecule has 0 heterocycles. The number of hydrogen-bond acceptors (Lipinski definition) is 2. The number of aliphatic hydroxyl groups excluding tert-OH is 1. The molecule has 0 aliphatic rings. The third-order valence-corrected chi connectivity index (χ3v) is 3.93. The average Bonchev–Trinajstić information content (AvgIpc) is 2.45. The van der Waals surface area contributed by atoms with Gasteiger partial charge in [-0.3, -0.25) is 0 Å². The Morgan fingerprint density at radius 2 is 1.76 bits per heavy atom. The highest BCUT2D eigenvalue weighted by atomic mass is 35.5. The van der Waals surface area contributed by atoms with Crippen molar-refractivity contribution in [3.05, 3.63) is 69.2 Å². The fraction of sp³-hybridized carbons (Fsp3) is 0.200. The minimum atomic E-state index is -1.20. The number of halogens is 4. The first-order chi connectivity index (χ1) is 9.95. The van der Waals surface area contributed by atoms with Crippen LogP contribution in [0.4, 0.5) is 8.78 Å². The predicted molar refractivity (Wildman–Crippen MR) is 79.6 cm³/mol. The average molecular weight is 332 g/mol. The molecule has 6 heteroatoms. The van der Waals surface area contributed by atoms with Crippen LogP contribution in [0.2, 0.25) is 10.0 Å². The van der Waals surface area contributed by atoms with Crippen molar-refractivity contribution < 1.29 is 13.9 Å². The molecule has 112 valence electrons. The van der Waals surface area contributed by atoms with Gasteiger partial charge in [-0.1, -0.05) is 35.3 Å². The van der Waals surface area contributed by atoms with Crippen LogP contribution < -0.4 is 5.73 Å². The second-order valence-corrected chi connectivity index (χ2v) is 5.41. The lowest BCUT2D eigenvalue weighted by Gasteiger charge is -2.23. The fourth-order valence-electron chi connectivity index (χ4n) is 2.20. The largest absolute Gasteiger partial charge is 0.388 e. The first-order valence-corrected chi connectivity index (χ1v) is 6.98. The first-order valence-electron chi connectivity index (χ1n) is 6.22. The molecule has 0 radical (unpaired) electrons. The molecule has 2 rings (SSSR count). The predicted octanol–water partition coefficient (Wildman–Crippen LogP) is 4.05. The molecule has 0 amide bonds. The zero-order chi connectivity index (χ0) is 15.6. The van der Waals surface area contributed by atoms with Gasteiger partial charge in [0.05, 0.1) is 11.1 Å². The number of nitrogens with two attached hydrogens (primary N) is 1. The van der Waals surface area contributed by atoms with Gasteiger partial charge in [-0.05, 0) is 29.8 Å². The Balaban J connectivity index is 2.43. The van der Waals surface area contributed by atoms with Crippen LogP contribution in [0.1, 0.15) is 23.1 Å². The highest BCUT2D eigenvalue weighted by Crippen LogP contribution is 2.36. The van der Waals surface area contributed by atoms with Gasteiger partial charge < -0.3 is 10.8 Å². The van der Waals surface area contributed by atoms with Gasteiger partial charge >= 0.3 is 0 Å². The molecule has 2 atom stereocenters. The SMILES string of the molecule is NCC(c1c(F)cccc1Cl)C(O)c1ccc(Cl)c(F)c1. The Morgan fingerprint density at radius 1 is 1.05 bits per heavy atom. The molecule has 2 unspecified atom stereocenters. The maximum absolute atomic E-state index is 14.0. The van der Waals surface area contributed by atoms with Gasteiger partial charge in [0.2, 0.25) is 0 Å². The molecular formula is C15H13Cl2F2NO. The molecule has 0 aliphatic heterocycles. The van der Waals surface area contributed by atoms with Crippen molar-refractivity contribution in [3.63, 3.8) is 0 Å². The van der Waals surface area contributed by atoms with Gasteiger partial charge in [0, 0.05) is 23.0 Å². The molecule has 0 saturated carbocycles. The summed E-state index contributed by atoms with van der Waals surface area (Å²) in [7, 11) is 0. The quantitative estimate of drug-likeness (QED) is 0.887. The summed E-state index contributed by atoms with van der Waals surface area (Å²) in [6, 6.07) is 8.10. The Hall–Kier alpha value is -1.20. The van der Waals surface area contributed by atoms with E-state index in [1.165, 1.54) is 30.3 Å². The van der Waals surface area contributed by atoms with Crippen molar-refractivity contribution in [1.29, 1.82) is 0 Å². The van der Waals surface area contributed by atoms with Crippen LogP contribution in [-0.4, -0.2) is 11.7 Å². The minimum absolute atomic E-state index is 0.0495. The molecule has 2 aromatic rings. The van der Waals surface area contributed by atoms with Crippen LogP contribution in [0.5, 0.6) is 0 Å². The van der Waals surface area contributed by atoms with Gasteiger partial charge in [0.1, 0.15) is 11.6 Å². The smallest absolute Gasteiger partial charge is 0.142 e. The second-order valence-electron chi connectivity index (χ2n) is 4.60. The summed E-state index contributed by atoms with van der Waals surface area (Å²) in [4.78, 5) is 0. The number of benzene rings is 2. The van der Waals surface area contributed by atoms with E-state index in [0.29, 0.717) is 0 Å². The summed E-state index contributed by atoms with van der Waals surface area (Å²) >= 11 is 11.6. The molecule has 21 heavy (non-hydrogen) atoms. The van der Waals surface area contributed by atoms with E-state index in [1.807, 2.05) is 0 Å². The standard InChI is InChI=1S/C15H13Cl2F2NO/c16-10-5-4-8(6-13(10)19)15(21)9(7-20)14-11(17)2-1-3-12(14)18/h1-6,9,15,21H,7,20H2. The van der Waals surface area contributed by atoms with E-state index < -0.39 is 23.7 Å². The van der Waals surface area contributed by atoms with E-state index >= 15 is 0 Å². The molecule has 2 nitrogen and oxygen atoms in total. The Bertz CT molecular complexity index is 631. The molecule has 3 N–H and O–H groups in total. The maximum Gasteiger partial charge on any atom is 0.142 e. The molecule has 0 aromatic heterocycles. The fourth-order valence-corrected chi connectivity index (χ4v) is 2.62. The van der Waals surface area contributed by atoms with E-state index in [1.54, 1.807) is 0 Å². The topological polar surface area (TPSA) is 46.2 Å². The highest BCUT2D eigenvalue weighted by molar-refractivity contribution is 6.31. The highest BCUT2D eigenvalue weighted by Gasteiger charge is 2.26. The van der Waals surface area contributed by atoms with Crippen molar-refractivity contribution in [2.75, 3.05) is 6.54 Å². The van der Waals surface area contributed by atoms with Crippen LogP contribution in [0.15, 0.2) is 36.4 Å². The van der Waals surface area contributed by atoms with Crippen molar-refractivity contribution in [2.24, 2.45) is 5.73 Å². The van der Waals surface area contributed by atoms with Gasteiger partial charge in [0.25, 0.3) is 0 Å². The Labute approximate surface area is 131 Å². The van der Waals surface area contributed by atoms with Crippen LogP contribution in [0.25, 0.3) is 0 Å². The molecular weight excluding hydrogens is 319 g/mol. The Morgan fingerprint density at radius 3 is 2.33 bits per heavy atom. The molecule has 0 saturated heterocycles. The van der Waals surface area contributed by atoms with Gasteiger partial charge in [-0.2, -0.15) is 0 Å². The lowest BCUT2D eigenvalue weighted by Crippen LogP contribution is -2.21. The number of rotatable bonds is 4. The van der Waals surface area contributed by atoms with Crippen molar-refractivity contribution in [2.45, 2.75) is 12.0 Å². The van der Waals surface area contributed by atoms with Gasteiger partial charge in [-0.25, -0.2) is 8.78 Å². The zero-order valence-electron chi connectivity index (χ0n) is 10.9. The third kappa shape index (κ3) is 3.35. The molecule has 2 aromatic carbocycles. The minimum Gasteiger partial charge on any atom is -0.388 e.